The average Bonchev–Trinajstić information content (AvgIpc) is 2.46. The van der Waals surface area contributed by atoms with Gasteiger partial charge in [0.25, 0.3) is 0 Å². The number of hydrogen-bond acceptors (Lipinski definition) is 4. The Bertz CT molecular complexity index is 587. The molecule has 0 bridgehead atoms. The third kappa shape index (κ3) is 2.51. The Hall–Kier alpha value is -1.39. The van der Waals surface area contributed by atoms with E-state index < -0.39 is 0 Å². The quantitative estimate of drug-likeness (QED) is 0.856. The molecule has 0 radical (unpaired) electrons. The monoisotopic (exact) mass is 276 g/mol. The molecule has 3 rings (SSSR count). The fourth-order valence-electron chi connectivity index (χ4n) is 2.72. The minimum absolute atomic E-state index is 0.496. The number of anilines is 1. The van der Waals surface area contributed by atoms with E-state index in [2.05, 4.69) is 14.9 Å². The summed E-state index contributed by atoms with van der Waals surface area (Å²) in [6.07, 6.45) is 4.13. The predicted octanol–water partition coefficient (Wildman–Crippen LogP) is 2.46. The lowest BCUT2D eigenvalue weighted by Gasteiger charge is -2.33. The van der Waals surface area contributed by atoms with Crippen molar-refractivity contribution >= 4 is 28.3 Å². The van der Waals surface area contributed by atoms with Gasteiger partial charge < -0.3 is 10.6 Å². The van der Waals surface area contributed by atoms with E-state index in [4.69, 9.17) is 17.3 Å². The Morgan fingerprint density at radius 1 is 1.47 bits per heavy atom. The van der Waals surface area contributed by atoms with Crippen LogP contribution in [0.5, 0.6) is 0 Å². The van der Waals surface area contributed by atoms with E-state index in [0.717, 1.165) is 42.8 Å². The third-order valence-corrected chi connectivity index (χ3v) is 3.89. The number of pyridine rings is 2. The number of nitrogens with two attached hydrogens (primary N) is 1. The molecule has 1 fully saturated rings. The van der Waals surface area contributed by atoms with Gasteiger partial charge in [0.1, 0.15) is 11.0 Å². The van der Waals surface area contributed by atoms with Crippen molar-refractivity contribution in [1.29, 1.82) is 0 Å². The van der Waals surface area contributed by atoms with Crippen molar-refractivity contribution in [2.75, 3.05) is 24.5 Å². The summed E-state index contributed by atoms with van der Waals surface area (Å²) in [6.45, 7) is 2.69. The maximum Gasteiger partial charge on any atom is 0.139 e. The highest BCUT2D eigenvalue weighted by Crippen LogP contribution is 2.29. The van der Waals surface area contributed by atoms with Gasteiger partial charge in [0.15, 0.2) is 0 Å². The highest BCUT2D eigenvalue weighted by Gasteiger charge is 2.21. The van der Waals surface area contributed by atoms with Crippen LogP contribution in [0.3, 0.4) is 0 Å². The van der Waals surface area contributed by atoms with Crippen molar-refractivity contribution < 1.29 is 0 Å². The first-order chi connectivity index (χ1) is 9.28. The lowest BCUT2D eigenvalue weighted by molar-refractivity contribution is 0.422. The molecule has 2 N–H and O–H groups in total. The van der Waals surface area contributed by atoms with Gasteiger partial charge in [-0.25, -0.2) is 4.98 Å². The van der Waals surface area contributed by atoms with Gasteiger partial charge in [0.2, 0.25) is 0 Å². The summed E-state index contributed by atoms with van der Waals surface area (Å²) < 4.78 is 0. The normalized spacial score (nSPS) is 19.9. The zero-order valence-corrected chi connectivity index (χ0v) is 11.5. The van der Waals surface area contributed by atoms with E-state index in [1.54, 1.807) is 6.20 Å². The zero-order chi connectivity index (χ0) is 13.2. The predicted molar refractivity (Wildman–Crippen MR) is 78.5 cm³/mol. The molecule has 0 spiro atoms. The van der Waals surface area contributed by atoms with Crippen molar-refractivity contribution in [3.8, 4) is 0 Å². The lowest BCUT2D eigenvalue weighted by atomic mass is 9.98. The smallest absolute Gasteiger partial charge is 0.139 e. The summed E-state index contributed by atoms with van der Waals surface area (Å²) in [5, 5.41) is 1.56. The van der Waals surface area contributed by atoms with Gasteiger partial charge in [-0.3, -0.25) is 4.98 Å². The summed E-state index contributed by atoms with van der Waals surface area (Å²) in [5.41, 5.74) is 6.70. The van der Waals surface area contributed by atoms with Crippen LogP contribution in [0.2, 0.25) is 5.15 Å². The van der Waals surface area contributed by atoms with Crippen LogP contribution in [0.1, 0.15) is 12.8 Å². The molecular weight excluding hydrogens is 260 g/mol. The number of rotatable bonds is 2. The number of aromatic nitrogens is 2. The number of halogens is 1. The maximum absolute atomic E-state index is 6.11. The highest BCUT2D eigenvalue weighted by atomic mass is 35.5. The Balaban J connectivity index is 2.03. The first kappa shape index (κ1) is 12.6. The van der Waals surface area contributed by atoms with Crippen LogP contribution in [0, 0.1) is 5.92 Å². The Kier molecular flexibility index (Phi) is 3.53. The Morgan fingerprint density at radius 2 is 2.37 bits per heavy atom. The highest BCUT2D eigenvalue weighted by molar-refractivity contribution is 6.30. The van der Waals surface area contributed by atoms with Crippen molar-refractivity contribution in [1.82, 2.24) is 9.97 Å². The summed E-state index contributed by atoms with van der Waals surface area (Å²) >= 11 is 6.11. The van der Waals surface area contributed by atoms with Gasteiger partial charge in [-0.05, 0) is 37.4 Å². The Labute approximate surface area is 117 Å². The van der Waals surface area contributed by atoms with Crippen molar-refractivity contribution in [2.24, 2.45) is 11.7 Å². The second-order valence-electron chi connectivity index (χ2n) is 5.03. The first-order valence-corrected chi connectivity index (χ1v) is 7.02. The summed E-state index contributed by atoms with van der Waals surface area (Å²) in [7, 11) is 0. The summed E-state index contributed by atoms with van der Waals surface area (Å²) in [6, 6.07) is 5.80. The van der Waals surface area contributed by atoms with E-state index in [0.29, 0.717) is 11.1 Å². The van der Waals surface area contributed by atoms with E-state index in [-0.39, 0.29) is 0 Å². The molecule has 0 amide bonds. The fraction of sp³-hybridized carbons (Fsp3) is 0.429. The van der Waals surface area contributed by atoms with Crippen LogP contribution >= 0.6 is 11.6 Å². The zero-order valence-electron chi connectivity index (χ0n) is 10.7. The molecule has 1 atom stereocenters. The topological polar surface area (TPSA) is 55.0 Å². The first-order valence-electron chi connectivity index (χ1n) is 6.64. The minimum atomic E-state index is 0.496. The molecule has 100 valence electrons. The van der Waals surface area contributed by atoms with Gasteiger partial charge in [-0.15, -0.1) is 0 Å². The number of nitrogens with zero attached hydrogens (tertiary/aromatic N) is 3. The molecule has 1 aliphatic rings. The Morgan fingerprint density at radius 3 is 3.21 bits per heavy atom. The van der Waals surface area contributed by atoms with Crippen LogP contribution in [0.4, 0.5) is 5.82 Å². The van der Waals surface area contributed by atoms with Crippen LogP contribution in [0.25, 0.3) is 10.9 Å². The molecule has 0 aliphatic carbocycles. The SMILES string of the molecule is NCC1CCCN(c2nc(Cl)cc3ncccc23)C1. The average molecular weight is 277 g/mol. The number of fused-ring (bicyclic) bond motifs is 1. The largest absolute Gasteiger partial charge is 0.356 e. The molecular formula is C14H17ClN4. The van der Waals surface area contributed by atoms with E-state index in [1.165, 1.54) is 6.42 Å². The molecule has 3 heterocycles. The van der Waals surface area contributed by atoms with Gasteiger partial charge >= 0.3 is 0 Å². The molecule has 4 nitrogen and oxygen atoms in total. The fourth-order valence-corrected chi connectivity index (χ4v) is 2.90. The standard InChI is InChI=1S/C14H17ClN4/c15-13-7-12-11(4-1-5-17-12)14(18-13)19-6-2-3-10(8-16)9-19/h1,4-5,7,10H,2-3,6,8-9,16H2. The van der Waals surface area contributed by atoms with Crippen LogP contribution in [-0.4, -0.2) is 29.6 Å². The number of hydrogen-bond donors (Lipinski definition) is 1. The summed E-state index contributed by atoms with van der Waals surface area (Å²) in [4.78, 5) is 11.2. The van der Waals surface area contributed by atoms with E-state index in [9.17, 15) is 0 Å². The molecule has 19 heavy (non-hydrogen) atoms. The molecule has 1 aliphatic heterocycles. The molecule has 5 heteroatoms. The van der Waals surface area contributed by atoms with Crippen LogP contribution < -0.4 is 10.6 Å². The molecule has 2 aromatic heterocycles. The van der Waals surface area contributed by atoms with E-state index >= 15 is 0 Å². The second kappa shape index (κ2) is 5.31. The third-order valence-electron chi connectivity index (χ3n) is 3.70. The van der Waals surface area contributed by atoms with Crippen LogP contribution in [0.15, 0.2) is 24.4 Å². The minimum Gasteiger partial charge on any atom is -0.356 e. The van der Waals surface area contributed by atoms with Crippen molar-refractivity contribution in [3.05, 3.63) is 29.5 Å². The molecule has 1 saturated heterocycles. The summed E-state index contributed by atoms with van der Waals surface area (Å²) in [5.74, 6) is 1.48. The van der Waals surface area contributed by atoms with Gasteiger partial charge in [-0.1, -0.05) is 11.6 Å². The van der Waals surface area contributed by atoms with Crippen LogP contribution in [-0.2, 0) is 0 Å². The lowest BCUT2D eigenvalue weighted by Crippen LogP contribution is -2.38. The maximum atomic E-state index is 6.11. The second-order valence-corrected chi connectivity index (χ2v) is 5.42. The van der Waals surface area contributed by atoms with Gasteiger partial charge in [0, 0.05) is 30.7 Å². The van der Waals surface area contributed by atoms with Gasteiger partial charge in [-0.2, -0.15) is 0 Å². The van der Waals surface area contributed by atoms with Crippen molar-refractivity contribution in [3.63, 3.8) is 0 Å². The molecule has 0 saturated carbocycles. The molecule has 1 unspecified atom stereocenters. The van der Waals surface area contributed by atoms with Crippen molar-refractivity contribution in [2.45, 2.75) is 12.8 Å². The van der Waals surface area contributed by atoms with Gasteiger partial charge in [0.05, 0.1) is 5.52 Å². The molecule has 0 aromatic carbocycles. The number of piperidine rings is 1. The molecule has 2 aromatic rings. The van der Waals surface area contributed by atoms with E-state index in [1.807, 2.05) is 18.2 Å².